The van der Waals surface area contributed by atoms with Crippen molar-refractivity contribution in [3.8, 4) is 17.2 Å². The van der Waals surface area contributed by atoms with Gasteiger partial charge in [-0.1, -0.05) is 30.3 Å². The molecule has 1 N–H and O–H groups in total. The van der Waals surface area contributed by atoms with Crippen molar-refractivity contribution >= 4 is 18.9 Å². The van der Waals surface area contributed by atoms with E-state index in [1.54, 1.807) is 19.2 Å². The number of hydrogen-bond acceptors (Lipinski definition) is 7. The normalized spacial score (nSPS) is 11.4. The van der Waals surface area contributed by atoms with Crippen molar-refractivity contribution in [2.75, 3.05) is 33.2 Å². The molecule has 148 valence electrons. The molecule has 28 heavy (non-hydrogen) atoms. The van der Waals surface area contributed by atoms with Gasteiger partial charge in [0.2, 0.25) is 17.2 Å². The van der Waals surface area contributed by atoms with Gasteiger partial charge in [0.25, 0.3) is 0 Å². The van der Waals surface area contributed by atoms with Crippen molar-refractivity contribution in [2.24, 2.45) is 0 Å². The molecule has 3 aromatic rings. The second-order valence-corrected chi connectivity index (χ2v) is 8.07. The molecule has 8 heteroatoms. The van der Waals surface area contributed by atoms with Crippen LogP contribution >= 0.6 is 7.60 Å². The van der Waals surface area contributed by atoms with E-state index in [9.17, 15) is 4.57 Å². The molecule has 0 aliphatic carbocycles. The van der Waals surface area contributed by atoms with E-state index in [0.29, 0.717) is 12.4 Å². The molecule has 0 spiro atoms. The van der Waals surface area contributed by atoms with Crippen LogP contribution in [0.25, 0.3) is 11.5 Å². The zero-order valence-corrected chi connectivity index (χ0v) is 16.9. The van der Waals surface area contributed by atoms with Crippen LogP contribution in [-0.2, 0) is 20.0 Å². The van der Waals surface area contributed by atoms with Crippen molar-refractivity contribution in [3.63, 3.8) is 0 Å². The summed E-state index contributed by atoms with van der Waals surface area (Å²) < 4.78 is 34.2. The van der Waals surface area contributed by atoms with Gasteiger partial charge in [-0.2, -0.15) is 4.98 Å². The third-order valence-electron chi connectivity index (χ3n) is 4.23. The molecule has 0 aliphatic heterocycles. The smallest absolute Gasteiger partial charge is 0.384 e. The molecule has 1 heterocycles. The Bertz CT molecular complexity index is 933. The molecule has 0 saturated heterocycles. The fourth-order valence-electron chi connectivity index (χ4n) is 2.68. The molecular formula is C20H23N2O5P. The van der Waals surface area contributed by atoms with E-state index in [2.05, 4.69) is 10.3 Å². The highest BCUT2D eigenvalue weighted by atomic mass is 31.2. The SMILES string of the molecule is COc1ccc(-c2nc(P(=O)(OC)OC)c(NCCc3ccccc3)o2)cc1. The Kier molecular flexibility index (Phi) is 6.52. The molecule has 0 atom stereocenters. The minimum atomic E-state index is -3.59. The Morgan fingerprint density at radius 3 is 2.29 bits per heavy atom. The van der Waals surface area contributed by atoms with Gasteiger partial charge < -0.3 is 23.5 Å². The van der Waals surface area contributed by atoms with Crippen LogP contribution in [0.15, 0.2) is 59.0 Å². The minimum Gasteiger partial charge on any atom is -0.497 e. The van der Waals surface area contributed by atoms with Crippen LogP contribution in [0, 0.1) is 0 Å². The fourth-order valence-corrected chi connectivity index (χ4v) is 3.76. The van der Waals surface area contributed by atoms with Crippen LogP contribution in [0.1, 0.15) is 5.56 Å². The molecule has 3 rings (SSSR count). The van der Waals surface area contributed by atoms with E-state index in [0.717, 1.165) is 17.7 Å². The summed E-state index contributed by atoms with van der Waals surface area (Å²) in [7, 11) is 0.646. The van der Waals surface area contributed by atoms with E-state index in [1.165, 1.54) is 19.8 Å². The van der Waals surface area contributed by atoms with Gasteiger partial charge in [0.05, 0.1) is 7.11 Å². The van der Waals surface area contributed by atoms with Crippen LogP contribution in [0.5, 0.6) is 5.75 Å². The highest BCUT2D eigenvalue weighted by molar-refractivity contribution is 7.62. The number of methoxy groups -OCH3 is 1. The van der Waals surface area contributed by atoms with Crippen LogP contribution in [0.4, 0.5) is 5.88 Å². The second-order valence-electron chi connectivity index (χ2n) is 5.93. The first-order valence-electron chi connectivity index (χ1n) is 8.74. The minimum absolute atomic E-state index is 0.122. The molecule has 2 aromatic carbocycles. The number of anilines is 1. The van der Waals surface area contributed by atoms with E-state index in [4.69, 9.17) is 18.2 Å². The first kappa shape index (κ1) is 20.1. The summed E-state index contributed by atoms with van der Waals surface area (Å²) in [5.41, 5.74) is 2.02. The highest BCUT2D eigenvalue weighted by Gasteiger charge is 2.34. The Balaban J connectivity index is 1.87. The van der Waals surface area contributed by atoms with Gasteiger partial charge >= 0.3 is 7.60 Å². The van der Waals surface area contributed by atoms with Crippen molar-refractivity contribution in [1.82, 2.24) is 4.98 Å². The third-order valence-corrected chi connectivity index (χ3v) is 6.01. The number of benzene rings is 2. The molecule has 0 aliphatic rings. The summed E-state index contributed by atoms with van der Waals surface area (Å²) >= 11 is 0. The van der Waals surface area contributed by atoms with Gasteiger partial charge in [-0.25, -0.2) is 0 Å². The summed E-state index contributed by atoms with van der Waals surface area (Å²) in [4.78, 5) is 4.39. The number of ether oxygens (including phenoxy) is 1. The Labute approximate surface area is 164 Å². The van der Waals surface area contributed by atoms with Gasteiger partial charge in [0, 0.05) is 26.3 Å². The largest absolute Gasteiger partial charge is 0.497 e. The Hall–Kier alpha value is -2.60. The summed E-state index contributed by atoms with van der Waals surface area (Å²) in [6, 6.07) is 17.3. The van der Waals surface area contributed by atoms with Gasteiger partial charge in [0.1, 0.15) is 5.75 Å². The number of rotatable bonds is 9. The first-order valence-corrected chi connectivity index (χ1v) is 10.3. The van der Waals surface area contributed by atoms with Gasteiger partial charge in [-0.15, -0.1) is 0 Å². The average molecular weight is 402 g/mol. The lowest BCUT2D eigenvalue weighted by molar-refractivity contribution is 0.286. The second kappa shape index (κ2) is 9.06. The Morgan fingerprint density at radius 1 is 1.00 bits per heavy atom. The lowest BCUT2D eigenvalue weighted by Gasteiger charge is -2.12. The zero-order valence-electron chi connectivity index (χ0n) is 16.0. The van der Waals surface area contributed by atoms with Gasteiger partial charge in [-0.05, 0) is 36.2 Å². The quantitative estimate of drug-likeness (QED) is 0.539. The lowest BCUT2D eigenvalue weighted by Crippen LogP contribution is -2.16. The van der Waals surface area contributed by atoms with Gasteiger partial charge in [0.15, 0.2) is 0 Å². The van der Waals surface area contributed by atoms with Crippen LogP contribution < -0.4 is 15.5 Å². The molecule has 1 aromatic heterocycles. The van der Waals surface area contributed by atoms with Crippen molar-refractivity contribution in [1.29, 1.82) is 0 Å². The zero-order chi connectivity index (χ0) is 20.0. The summed E-state index contributed by atoms with van der Waals surface area (Å²) in [6.07, 6.45) is 0.767. The number of hydrogen-bond donors (Lipinski definition) is 1. The van der Waals surface area contributed by atoms with Crippen molar-refractivity contribution < 1.29 is 22.8 Å². The topological polar surface area (TPSA) is 82.8 Å². The van der Waals surface area contributed by atoms with Crippen molar-refractivity contribution in [3.05, 3.63) is 60.2 Å². The van der Waals surface area contributed by atoms with Gasteiger partial charge in [-0.3, -0.25) is 4.57 Å². The molecule has 7 nitrogen and oxygen atoms in total. The maximum absolute atomic E-state index is 12.9. The van der Waals surface area contributed by atoms with Crippen LogP contribution in [-0.4, -0.2) is 32.9 Å². The number of nitrogens with one attached hydrogen (secondary N) is 1. The maximum Gasteiger partial charge on any atom is 0.384 e. The molecule has 0 fully saturated rings. The molecule has 0 bridgehead atoms. The average Bonchev–Trinajstić information content (AvgIpc) is 3.19. The molecular weight excluding hydrogens is 379 g/mol. The number of aromatic nitrogens is 1. The summed E-state index contributed by atoms with van der Waals surface area (Å²) in [5, 5.41) is 3.16. The highest BCUT2D eigenvalue weighted by Crippen LogP contribution is 2.47. The standard InChI is InChI=1S/C20H23N2O5P/c1-24-17-11-9-16(10-12-17)18-22-20(28(23,25-2)26-3)19(27-18)21-14-13-15-7-5-4-6-8-15/h4-12,21H,13-14H2,1-3H3. The maximum atomic E-state index is 12.9. The van der Waals surface area contributed by atoms with E-state index >= 15 is 0 Å². The number of nitrogens with zero attached hydrogens (tertiary/aromatic N) is 1. The van der Waals surface area contributed by atoms with Crippen LogP contribution in [0.3, 0.4) is 0 Å². The van der Waals surface area contributed by atoms with Crippen molar-refractivity contribution in [2.45, 2.75) is 6.42 Å². The van der Waals surface area contributed by atoms with Crippen LogP contribution in [0.2, 0.25) is 0 Å². The molecule has 0 radical (unpaired) electrons. The summed E-state index contributed by atoms with van der Waals surface area (Å²) in [6.45, 7) is 0.571. The van der Waals surface area contributed by atoms with E-state index < -0.39 is 7.60 Å². The molecule has 0 unspecified atom stereocenters. The first-order chi connectivity index (χ1) is 13.6. The predicted octanol–water partition coefficient (Wildman–Crippen LogP) is 4.12. The monoisotopic (exact) mass is 402 g/mol. The van der Waals surface area contributed by atoms with E-state index in [-0.39, 0.29) is 11.3 Å². The third kappa shape index (κ3) is 4.44. The lowest BCUT2D eigenvalue weighted by atomic mass is 10.1. The molecule has 0 amide bonds. The Morgan fingerprint density at radius 2 is 1.68 bits per heavy atom. The van der Waals surface area contributed by atoms with E-state index in [1.807, 2.05) is 42.5 Å². The summed E-state index contributed by atoms with van der Waals surface area (Å²) in [5.74, 6) is 1.30. The molecule has 0 saturated carbocycles. The number of oxazole rings is 1. The fraction of sp³-hybridized carbons (Fsp3) is 0.250. The predicted molar refractivity (Wildman–Crippen MR) is 108 cm³/mol.